The third-order valence-corrected chi connectivity index (χ3v) is 9.01. The van der Waals surface area contributed by atoms with E-state index in [4.69, 9.17) is 4.74 Å². The van der Waals surface area contributed by atoms with Gasteiger partial charge in [0.1, 0.15) is 6.10 Å². The van der Waals surface area contributed by atoms with E-state index in [1.807, 2.05) is 13.8 Å². The first kappa shape index (κ1) is 25.3. The Morgan fingerprint density at radius 3 is 2.44 bits per heavy atom. The lowest BCUT2D eigenvalue weighted by Crippen LogP contribution is -2.70. The summed E-state index contributed by atoms with van der Waals surface area (Å²) in [5.74, 6) is -1.53. The normalized spacial score (nSPS) is 42.7. The Morgan fingerprint density at radius 2 is 1.88 bits per heavy atom. The van der Waals surface area contributed by atoms with E-state index in [9.17, 15) is 25.0 Å². The summed E-state index contributed by atoms with van der Waals surface area (Å²) in [6, 6.07) is 0. The summed E-state index contributed by atoms with van der Waals surface area (Å²) in [5, 5.41) is 31.9. The number of Topliss-reactive ketones (excluding diaryl/α,β-unsaturated/α-hetero) is 1. The van der Waals surface area contributed by atoms with Crippen LogP contribution in [0.25, 0.3) is 0 Å². The summed E-state index contributed by atoms with van der Waals surface area (Å²) in [6.45, 7) is 14.1. The number of aliphatic hydroxyl groups is 2. The SMILES string of the molecule is C=C[C@@H](C)CC(=O)[C@@]1(OC(=O)C2(O)C(O)CCN2O)[C@@H](C)CC[C@H]2C(C)(C)CCC[C@@]21C. The molecule has 2 aliphatic carbocycles. The van der Waals surface area contributed by atoms with Crippen molar-refractivity contribution in [1.82, 2.24) is 5.06 Å². The van der Waals surface area contributed by atoms with E-state index in [1.54, 1.807) is 6.08 Å². The quantitative estimate of drug-likeness (QED) is 0.419. The highest BCUT2D eigenvalue weighted by molar-refractivity contribution is 5.93. The number of hydroxylamine groups is 2. The van der Waals surface area contributed by atoms with Crippen LogP contribution in [0.3, 0.4) is 0 Å². The Hall–Kier alpha value is -1.28. The maximum Gasteiger partial charge on any atom is 0.359 e. The van der Waals surface area contributed by atoms with Crippen LogP contribution < -0.4 is 0 Å². The monoisotopic (exact) mass is 451 g/mol. The van der Waals surface area contributed by atoms with E-state index in [2.05, 4.69) is 27.4 Å². The van der Waals surface area contributed by atoms with Crippen molar-refractivity contribution >= 4 is 11.8 Å². The van der Waals surface area contributed by atoms with Crippen LogP contribution in [-0.4, -0.2) is 56.2 Å². The van der Waals surface area contributed by atoms with Crippen LogP contribution in [0.4, 0.5) is 0 Å². The standard InChI is InChI=1S/C25H41NO6/c1-7-16(2)15-20(28)24(32-21(29)25(30)19(27)11-14-26(25)31)17(3)9-10-18-22(4,5)12-8-13-23(18,24)6/h7,16-19,27,30-31H,1,8-15H2,2-6H3/t16-,17+,18+,19?,23+,24+,25?/m1/s1. The molecule has 7 heteroatoms. The van der Waals surface area contributed by atoms with Crippen LogP contribution in [-0.2, 0) is 14.3 Å². The second kappa shape index (κ2) is 8.49. The van der Waals surface area contributed by atoms with Crippen molar-refractivity contribution in [2.24, 2.45) is 28.6 Å². The zero-order valence-electron chi connectivity index (χ0n) is 20.3. The van der Waals surface area contributed by atoms with Gasteiger partial charge < -0.3 is 20.2 Å². The first-order valence-corrected chi connectivity index (χ1v) is 12.0. The molecule has 7 atom stereocenters. The molecular weight excluding hydrogens is 410 g/mol. The number of esters is 1. The molecule has 0 radical (unpaired) electrons. The summed E-state index contributed by atoms with van der Waals surface area (Å²) in [6.07, 6.45) is 4.76. The number of ketones is 1. The van der Waals surface area contributed by atoms with E-state index in [1.165, 1.54) is 0 Å². The van der Waals surface area contributed by atoms with Crippen molar-refractivity contribution in [2.45, 2.75) is 97.0 Å². The van der Waals surface area contributed by atoms with Crippen LogP contribution in [0.1, 0.15) is 79.6 Å². The molecule has 182 valence electrons. The predicted octanol–water partition coefficient (Wildman–Crippen LogP) is 3.46. The molecule has 2 unspecified atom stereocenters. The number of hydrogen-bond donors (Lipinski definition) is 3. The number of aliphatic hydroxyl groups excluding tert-OH is 1. The van der Waals surface area contributed by atoms with Crippen LogP contribution >= 0.6 is 0 Å². The third-order valence-electron chi connectivity index (χ3n) is 9.01. The summed E-state index contributed by atoms with van der Waals surface area (Å²) >= 11 is 0. The van der Waals surface area contributed by atoms with Crippen LogP contribution in [0.15, 0.2) is 12.7 Å². The highest BCUT2D eigenvalue weighted by Gasteiger charge is 2.69. The number of fused-ring (bicyclic) bond motifs is 1. The molecule has 0 aromatic heterocycles. The molecule has 2 saturated carbocycles. The summed E-state index contributed by atoms with van der Waals surface area (Å²) in [7, 11) is 0. The highest BCUT2D eigenvalue weighted by atomic mass is 16.6. The number of carbonyl (C=O) groups excluding carboxylic acids is 2. The Kier molecular flexibility index (Phi) is 6.73. The average Bonchev–Trinajstić information content (AvgIpc) is 2.98. The average molecular weight is 452 g/mol. The molecule has 3 N–H and O–H groups in total. The number of nitrogens with zero attached hydrogens (tertiary/aromatic N) is 1. The first-order valence-electron chi connectivity index (χ1n) is 12.0. The molecule has 0 bridgehead atoms. The molecule has 0 aromatic carbocycles. The zero-order valence-corrected chi connectivity index (χ0v) is 20.3. The zero-order chi connectivity index (χ0) is 24.1. The van der Waals surface area contributed by atoms with Gasteiger partial charge in [-0.05, 0) is 49.4 Å². The lowest BCUT2D eigenvalue weighted by Gasteiger charge is -2.63. The van der Waals surface area contributed by atoms with Crippen molar-refractivity contribution in [1.29, 1.82) is 0 Å². The van der Waals surface area contributed by atoms with Gasteiger partial charge in [0, 0.05) is 24.3 Å². The van der Waals surface area contributed by atoms with Crippen molar-refractivity contribution < 1.29 is 29.7 Å². The van der Waals surface area contributed by atoms with Gasteiger partial charge in [0.05, 0.1) is 0 Å². The molecule has 0 spiro atoms. The Morgan fingerprint density at radius 1 is 1.22 bits per heavy atom. The minimum atomic E-state index is -2.58. The number of ether oxygens (including phenoxy) is 1. The molecule has 7 nitrogen and oxygen atoms in total. The smallest absolute Gasteiger partial charge is 0.359 e. The van der Waals surface area contributed by atoms with Crippen molar-refractivity contribution in [3.63, 3.8) is 0 Å². The fraction of sp³-hybridized carbons (Fsp3) is 0.840. The van der Waals surface area contributed by atoms with Gasteiger partial charge in [-0.1, -0.05) is 47.1 Å². The van der Waals surface area contributed by atoms with Crippen molar-refractivity contribution in [3.8, 4) is 0 Å². The van der Waals surface area contributed by atoms with Gasteiger partial charge in [0.15, 0.2) is 11.4 Å². The molecule has 0 aromatic rings. The second-order valence-electron chi connectivity index (χ2n) is 11.4. The summed E-state index contributed by atoms with van der Waals surface area (Å²) < 4.78 is 6.16. The van der Waals surface area contributed by atoms with Gasteiger partial charge in [-0.15, -0.1) is 11.6 Å². The topological polar surface area (TPSA) is 107 Å². The van der Waals surface area contributed by atoms with Crippen LogP contribution in [0.2, 0.25) is 0 Å². The largest absolute Gasteiger partial charge is 0.447 e. The van der Waals surface area contributed by atoms with Gasteiger partial charge in [-0.3, -0.25) is 4.79 Å². The molecule has 3 rings (SSSR count). The van der Waals surface area contributed by atoms with Gasteiger partial charge in [0.25, 0.3) is 5.72 Å². The van der Waals surface area contributed by atoms with Gasteiger partial charge in [-0.25, -0.2) is 4.79 Å². The highest BCUT2D eigenvalue weighted by Crippen LogP contribution is 2.64. The van der Waals surface area contributed by atoms with Gasteiger partial charge >= 0.3 is 5.97 Å². The van der Waals surface area contributed by atoms with Gasteiger partial charge in [0.2, 0.25) is 0 Å². The van der Waals surface area contributed by atoms with Crippen molar-refractivity contribution in [3.05, 3.63) is 12.7 Å². The minimum absolute atomic E-state index is 0.0259. The van der Waals surface area contributed by atoms with E-state index >= 15 is 0 Å². The molecule has 1 heterocycles. The Balaban J connectivity index is 2.13. The minimum Gasteiger partial charge on any atom is -0.447 e. The van der Waals surface area contributed by atoms with E-state index < -0.39 is 28.8 Å². The number of carbonyl (C=O) groups is 2. The van der Waals surface area contributed by atoms with Crippen molar-refractivity contribution in [2.75, 3.05) is 6.54 Å². The fourth-order valence-electron chi connectivity index (χ4n) is 7.10. The molecule has 1 saturated heterocycles. The fourth-order valence-corrected chi connectivity index (χ4v) is 7.10. The number of hydrogen-bond acceptors (Lipinski definition) is 7. The molecular formula is C25H41NO6. The molecule has 3 fully saturated rings. The molecule has 0 amide bonds. The van der Waals surface area contributed by atoms with E-state index in [-0.39, 0.29) is 48.3 Å². The van der Waals surface area contributed by atoms with Crippen LogP contribution in [0.5, 0.6) is 0 Å². The molecule has 1 aliphatic heterocycles. The second-order valence-corrected chi connectivity index (χ2v) is 11.4. The van der Waals surface area contributed by atoms with E-state index in [0.29, 0.717) is 5.06 Å². The predicted molar refractivity (Wildman–Crippen MR) is 120 cm³/mol. The molecule has 3 aliphatic rings. The third kappa shape index (κ3) is 3.56. The summed E-state index contributed by atoms with van der Waals surface area (Å²) in [4.78, 5) is 27.5. The van der Waals surface area contributed by atoms with Crippen LogP contribution in [0, 0.1) is 28.6 Å². The van der Waals surface area contributed by atoms with Gasteiger partial charge in [-0.2, -0.15) is 0 Å². The Bertz CT molecular complexity index is 756. The van der Waals surface area contributed by atoms with E-state index in [0.717, 1.165) is 32.1 Å². The maximum absolute atomic E-state index is 14.0. The first-order chi connectivity index (χ1) is 14.8. The maximum atomic E-state index is 14.0. The lowest BCUT2D eigenvalue weighted by molar-refractivity contribution is -0.285. The molecule has 32 heavy (non-hydrogen) atoms. The summed E-state index contributed by atoms with van der Waals surface area (Å²) in [5.41, 5.74) is -4.69. The number of rotatable bonds is 6. The number of allylic oxidation sites excluding steroid dienone is 1. The Labute approximate surface area is 191 Å². The lowest BCUT2D eigenvalue weighted by atomic mass is 9.43.